The minimum absolute atomic E-state index is 0.0201. The van der Waals surface area contributed by atoms with Crippen LogP contribution in [0.2, 0.25) is 0 Å². The average Bonchev–Trinajstić information content (AvgIpc) is 2.75. The maximum absolute atomic E-state index is 12.6. The van der Waals surface area contributed by atoms with Crippen molar-refractivity contribution in [1.29, 1.82) is 0 Å². The summed E-state index contributed by atoms with van der Waals surface area (Å²) in [7, 11) is 1.64. The summed E-state index contributed by atoms with van der Waals surface area (Å²) in [5.74, 6) is -0.0152. The Morgan fingerprint density at radius 3 is 2.24 bits per heavy atom. The van der Waals surface area contributed by atoms with Crippen molar-refractivity contribution in [2.45, 2.75) is 31.7 Å². The van der Waals surface area contributed by atoms with E-state index >= 15 is 0 Å². The van der Waals surface area contributed by atoms with Crippen LogP contribution in [0.5, 0.6) is 0 Å². The zero-order valence-corrected chi connectivity index (χ0v) is 17.0. The number of likely N-dealkylation sites (tertiary alicyclic amines) is 2. The Kier molecular flexibility index (Phi) is 7.46. The van der Waals surface area contributed by atoms with E-state index in [1.54, 1.807) is 7.05 Å². The Bertz CT molecular complexity index is 696. The molecule has 2 heterocycles. The van der Waals surface area contributed by atoms with Crippen LogP contribution in [0.25, 0.3) is 0 Å². The molecule has 1 aromatic rings. The van der Waals surface area contributed by atoms with Crippen LogP contribution < -0.4 is 16.0 Å². The van der Waals surface area contributed by atoms with Gasteiger partial charge in [0.1, 0.15) is 0 Å². The summed E-state index contributed by atoms with van der Waals surface area (Å²) in [6.07, 6.45) is 3.05. The summed E-state index contributed by atoms with van der Waals surface area (Å²) in [4.78, 5) is 40.4. The van der Waals surface area contributed by atoms with Gasteiger partial charge in [-0.05, 0) is 37.8 Å². The highest BCUT2D eigenvalue weighted by atomic mass is 16.2. The number of nitrogens with zero attached hydrogens (tertiary/aromatic N) is 2. The average molecular weight is 402 g/mol. The molecule has 8 nitrogen and oxygen atoms in total. The number of carbonyl (C=O) groups excluding carboxylic acids is 3. The van der Waals surface area contributed by atoms with E-state index in [2.05, 4.69) is 20.9 Å². The van der Waals surface area contributed by atoms with Gasteiger partial charge in [-0.1, -0.05) is 18.2 Å². The molecule has 2 aliphatic rings. The lowest BCUT2D eigenvalue weighted by Gasteiger charge is -2.35. The lowest BCUT2D eigenvalue weighted by Crippen LogP contribution is -2.52. The van der Waals surface area contributed by atoms with E-state index in [1.807, 2.05) is 35.2 Å². The van der Waals surface area contributed by atoms with Crippen LogP contribution in [0.3, 0.4) is 0 Å². The number of carbonyl (C=O) groups is 3. The molecular weight excluding hydrogens is 370 g/mol. The number of amides is 4. The van der Waals surface area contributed by atoms with Crippen LogP contribution in [-0.2, 0) is 9.59 Å². The highest BCUT2D eigenvalue weighted by molar-refractivity contribution is 5.92. The Morgan fingerprint density at radius 2 is 1.62 bits per heavy atom. The van der Waals surface area contributed by atoms with Crippen molar-refractivity contribution in [2.75, 3.05) is 45.1 Å². The van der Waals surface area contributed by atoms with Gasteiger partial charge in [0.2, 0.25) is 11.8 Å². The summed E-state index contributed by atoms with van der Waals surface area (Å²) >= 11 is 0. The van der Waals surface area contributed by atoms with E-state index < -0.39 is 0 Å². The molecule has 1 aromatic carbocycles. The maximum atomic E-state index is 12.6. The van der Waals surface area contributed by atoms with Gasteiger partial charge in [0.25, 0.3) is 0 Å². The SMILES string of the molecule is CNC(=O)CN1CCC(NC(=O)N2CCC(C(=O)Nc3ccccc3)CC2)CC1. The molecule has 4 amide bonds. The van der Waals surface area contributed by atoms with Gasteiger partial charge in [0, 0.05) is 50.9 Å². The van der Waals surface area contributed by atoms with Crippen LogP contribution in [-0.4, -0.2) is 73.5 Å². The van der Waals surface area contributed by atoms with Crippen molar-refractivity contribution < 1.29 is 14.4 Å². The fraction of sp³-hybridized carbons (Fsp3) is 0.571. The molecule has 0 spiro atoms. The third-order valence-corrected chi connectivity index (χ3v) is 5.76. The number of piperidine rings is 2. The molecule has 0 radical (unpaired) electrons. The second-order valence-corrected chi connectivity index (χ2v) is 7.79. The van der Waals surface area contributed by atoms with Crippen molar-refractivity contribution in [3.05, 3.63) is 30.3 Å². The second kappa shape index (κ2) is 10.2. The fourth-order valence-corrected chi connectivity index (χ4v) is 3.89. The molecule has 0 saturated carbocycles. The van der Waals surface area contributed by atoms with Gasteiger partial charge in [0.15, 0.2) is 0 Å². The smallest absolute Gasteiger partial charge is 0.317 e. The van der Waals surface area contributed by atoms with Crippen LogP contribution >= 0.6 is 0 Å². The van der Waals surface area contributed by atoms with E-state index in [9.17, 15) is 14.4 Å². The van der Waals surface area contributed by atoms with Crippen molar-refractivity contribution >= 4 is 23.5 Å². The Hall–Kier alpha value is -2.61. The largest absolute Gasteiger partial charge is 0.358 e. The number of urea groups is 1. The third kappa shape index (κ3) is 6.19. The zero-order valence-electron chi connectivity index (χ0n) is 17.0. The lowest BCUT2D eigenvalue weighted by atomic mass is 9.96. The molecule has 2 saturated heterocycles. The van der Waals surface area contributed by atoms with Crippen molar-refractivity contribution in [3.63, 3.8) is 0 Å². The van der Waals surface area contributed by atoms with Crippen molar-refractivity contribution in [2.24, 2.45) is 5.92 Å². The minimum Gasteiger partial charge on any atom is -0.358 e. The van der Waals surface area contributed by atoms with Gasteiger partial charge < -0.3 is 20.9 Å². The van der Waals surface area contributed by atoms with Gasteiger partial charge in [-0.15, -0.1) is 0 Å². The first-order valence-corrected chi connectivity index (χ1v) is 10.4. The number of hydrogen-bond acceptors (Lipinski definition) is 4. The number of anilines is 1. The predicted molar refractivity (Wildman–Crippen MR) is 111 cm³/mol. The monoisotopic (exact) mass is 401 g/mol. The van der Waals surface area contributed by atoms with E-state index in [1.165, 1.54) is 0 Å². The molecular formula is C21H31N5O3. The molecule has 3 N–H and O–H groups in total. The lowest BCUT2D eigenvalue weighted by molar-refractivity contribution is -0.122. The quantitative estimate of drug-likeness (QED) is 0.692. The first-order valence-electron chi connectivity index (χ1n) is 10.4. The van der Waals surface area contributed by atoms with Crippen LogP contribution in [0.4, 0.5) is 10.5 Å². The number of rotatable bonds is 5. The second-order valence-electron chi connectivity index (χ2n) is 7.79. The summed E-state index contributed by atoms with van der Waals surface area (Å²) in [6, 6.07) is 9.55. The van der Waals surface area contributed by atoms with Crippen LogP contribution in [0.15, 0.2) is 30.3 Å². The number of benzene rings is 1. The zero-order chi connectivity index (χ0) is 20.6. The van der Waals surface area contributed by atoms with Crippen molar-refractivity contribution in [3.8, 4) is 0 Å². The number of likely N-dealkylation sites (N-methyl/N-ethyl adjacent to an activating group) is 1. The highest BCUT2D eigenvalue weighted by Crippen LogP contribution is 2.20. The normalized spacial score (nSPS) is 18.9. The van der Waals surface area contributed by atoms with Gasteiger partial charge in [0.05, 0.1) is 6.54 Å². The van der Waals surface area contributed by atoms with E-state index in [-0.39, 0.29) is 29.8 Å². The molecule has 0 bridgehead atoms. The molecule has 29 heavy (non-hydrogen) atoms. The summed E-state index contributed by atoms with van der Waals surface area (Å²) in [5, 5.41) is 8.71. The number of nitrogens with one attached hydrogen (secondary N) is 3. The molecule has 0 unspecified atom stereocenters. The molecule has 8 heteroatoms. The van der Waals surface area contributed by atoms with Gasteiger partial charge in [-0.2, -0.15) is 0 Å². The van der Waals surface area contributed by atoms with Gasteiger partial charge >= 0.3 is 6.03 Å². The summed E-state index contributed by atoms with van der Waals surface area (Å²) < 4.78 is 0. The Labute approximate surface area is 172 Å². The molecule has 158 valence electrons. The Balaban J connectivity index is 1.37. The molecule has 0 aliphatic carbocycles. The first-order chi connectivity index (χ1) is 14.0. The fourth-order valence-electron chi connectivity index (χ4n) is 3.89. The van der Waals surface area contributed by atoms with E-state index in [0.29, 0.717) is 32.5 Å². The maximum Gasteiger partial charge on any atom is 0.317 e. The molecule has 3 rings (SSSR count). The molecule has 2 aliphatic heterocycles. The van der Waals surface area contributed by atoms with E-state index in [0.717, 1.165) is 31.6 Å². The van der Waals surface area contributed by atoms with Gasteiger partial charge in [-0.3, -0.25) is 14.5 Å². The van der Waals surface area contributed by atoms with Crippen LogP contribution in [0.1, 0.15) is 25.7 Å². The molecule has 2 fully saturated rings. The van der Waals surface area contributed by atoms with E-state index in [4.69, 9.17) is 0 Å². The standard InChI is InChI=1S/C21H31N5O3/c1-22-19(27)15-25-11-9-18(10-12-25)24-21(29)26-13-7-16(8-14-26)20(28)23-17-5-3-2-4-6-17/h2-6,16,18H,7-15H2,1H3,(H,22,27)(H,23,28)(H,24,29). The predicted octanol–water partition coefficient (Wildman–Crippen LogP) is 1.26. The Morgan fingerprint density at radius 1 is 0.966 bits per heavy atom. The molecule has 0 atom stereocenters. The molecule has 0 aromatic heterocycles. The number of para-hydroxylation sites is 1. The summed E-state index contributed by atoms with van der Waals surface area (Å²) in [6.45, 7) is 3.21. The van der Waals surface area contributed by atoms with Crippen molar-refractivity contribution in [1.82, 2.24) is 20.4 Å². The number of hydrogen-bond donors (Lipinski definition) is 3. The highest BCUT2D eigenvalue weighted by Gasteiger charge is 2.29. The minimum atomic E-state index is -0.0628. The third-order valence-electron chi connectivity index (χ3n) is 5.76. The summed E-state index contributed by atoms with van der Waals surface area (Å²) in [5.41, 5.74) is 0.806. The first kappa shape index (κ1) is 21.1. The van der Waals surface area contributed by atoms with Gasteiger partial charge in [-0.25, -0.2) is 4.79 Å². The topological polar surface area (TPSA) is 93.8 Å². The van der Waals surface area contributed by atoms with Crippen LogP contribution in [0, 0.1) is 5.92 Å².